The van der Waals surface area contributed by atoms with Gasteiger partial charge in [0.1, 0.15) is 6.10 Å². The van der Waals surface area contributed by atoms with Gasteiger partial charge in [-0.25, -0.2) is 0 Å². The summed E-state index contributed by atoms with van der Waals surface area (Å²) < 4.78 is 6.09. The quantitative estimate of drug-likeness (QED) is 0.511. The normalized spacial score (nSPS) is 30.2. The topological polar surface area (TPSA) is 107 Å². The fourth-order valence-electron chi connectivity index (χ4n) is 4.76. The zero-order chi connectivity index (χ0) is 23.3. The van der Waals surface area contributed by atoms with E-state index in [-0.39, 0.29) is 36.2 Å². The van der Waals surface area contributed by atoms with Crippen molar-refractivity contribution in [3.63, 3.8) is 0 Å². The van der Waals surface area contributed by atoms with Gasteiger partial charge in [0, 0.05) is 18.3 Å². The monoisotopic (exact) mass is 435 g/mol. The molecule has 0 bridgehead atoms. The van der Waals surface area contributed by atoms with Crippen LogP contribution in [0.5, 0.6) is 0 Å². The predicted octanol–water partition coefficient (Wildman–Crippen LogP) is 2.77. The molecular weight excluding hydrogens is 396 g/mol. The lowest BCUT2D eigenvalue weighted by Gasteiger charge is -2.44. The molecular formula is C25H39O6-. The van der Waals surface area contributed by atoms with Crippen LogP contribution in [0.25, 0.3) is 0 Å². The second-order valence-electron chi connectivity index (χ2n) is 10.2. The zero-order valence-corrected chi connectivity index (χ0v) is 19.5. The third kappa shape index (κ3) is 6.91. The lowest BCUT2D eigenvalue weighted by Crippen LogP contribution is -2.43. The molecule has 0 fully saturated rings. The molecule has 31 heavy (non-hydrogen) atoms. The highest BCUT2D eigenvalue weighted by Gasteiger charge is 2.42. The zero-order valence-electron chi connectivity index (χ0n) is 19.5. The first-order valence-corrected chi connectivity index (χ1v) is 11.6. The first kappa shape index (κ1) is 25.6. The molecule has 2 N–H and O–H groups in total. The van der Waals surface area contributed by atoms with Gasteiger partial charge in [0.15, 0.2) is 0 Å². The largest absolute Gasteiger partial charge is 0.550 e. The number of rotatable bonds is 10. The molecule has 0 spiro atoms. The Morgan fingerprint density at radius 2 is 1.94 bits per heavy atom. The molecule has 0 saturated carbocycles. The van der Waals surface area contributed by atoms with Gasteiger partial charge in [-0.05, 0) is 69.3 Å². The highest BCUT2D eigenvalue weighted by molar-refractivity contribution is 5.76. The molecule has 6 nitrogen and oxygen atoms in total. The molecule has 6 heteroatoms. The Bertz CT molecular complexity index is 694. The number of carboxylic acids is 1. The summed E-state index contributed by atoms with van der Waals surface area (Å²) in [6.07, 6.45) is 6.66. The number of carboxylic acid groups (broad SMARTS) is 1. The number of carbonyl (C=O) groups excluding carboxylic acids is 2. The van der Waals surface area contributed by atoms with Crippen molar-refractivity contribution in [2.45, 2.75) is 91.5 Å². The van der Waals surface area contributed by atoms with Gasteiger partial charge in [-0.15, -0.1) is 0 Å². The summed E-state index contributed by atoms with van der Waals surface area (Å²) in [6.45, 7) is 10.1. The van der Waals surface area contributed by atoms with Gasteiger partial charge < -0.3 is 24.9 Å². The summed E-state index contributed by atoms with van der Waals surface area (Å²) in [5, 5.41) is 30.8. The second kappa shape index (κ2) is 10.8. The SMILES string of the molecule is CCC(C)(C)C(=O)O[C@H]1C[C@@H](C)C=C2C=C[C@H](C)[C@H](CCC(O)C[C@@H](O)CC(=O)[O-])[C@H]21. The summed E-state index contributed by atoms with van der Waals surface area (Å²) in [6, 6.07) is 0. The fraction of sp³-hybridized carbons (Fsp3) is 0.760. The number of aliphatic carboxylic acids is 1. The molecule has 2 aliphatic rings. The van der Waals surface area contributed by atoms with E-state index in [4.69, 9.17) is 4.74 Å². The van der Waals surface area contributed by atoms with Gasteiger partial charge in [0.2, 0.25) is 0 Å². The summed E-state index contributed by atoms with van der Waals surface area (Å²) in [7, 11) is 0. The van der Waals surface area contributed by atoms with Crippen LogP contribution >= 0.6 is 0 Å². The Morgan fingerprint density at radius 3 is 2.55 bits per heavy atom. The van der Waals surface area contributed by atoms with E-state index in [1.54, 1.807) is 0 Å². The summed E-state index contributed by atoms with van der Waals surface area (Å²) in [5.41, 5.74) is 0.669. The van der Waals surface area contributed by atoms with Crippen molar-refractivity contribution in [2.75, 3.05) is 0 Å². The van der Waals surface area contributed by atoms with Crippen LogP contribution in [0.4, 0.5) is 0 Å². The number of hydrogen-bond donors (Lipinski definition) is 2. The van der Waals surface area contributed by atoms with E-state index >= 15 is 0 Å². The Hall–Kier alpha value is -1.66. The van der Waals surface area contributed by atoms with Crippen LogP contribution < -0.4 is 5.11 Å². The fourth-order valence-corrected chi connectivity index (χ4v) is 4.76. The molecule has 1 unspecified atom stereocenters. The Balaban J connectivity index is 2.12. The lowest BCUT2D eigenvalue weighted by molar-refractivity contribution is -0.307. The number of fused-ring (bicyclic) bond motifs is 1. The number of aliphatic hydroxyl groups excluding tert-OH is 2. The molecule has 0 heterocycles. The van der Waals surface area contributed by atoms with Crippen molar-refractivity contribution in [1.82, 2.24) is 0 Å². The first-order chi connectivity index (χ1) is 14.4. The number of allylic oxidation sites excluding steroid dienone is 3. The third-order valence-electron chi connectivity index (χ3n) is 7.07. The predicted molar refractivity (Wildman–Crippen MR) is 117 cm³/mol. The van der Waals surface area contributed by atoms with E-state index in [0.29, 0.717) is 25.2 Å². The standard InChI is InChI=1S/C25H40O6/c1-6-25(4,5)24(30)31-21-12-15(2)11-17-8-7-16(3)20(23(17)21)10-9-18(26)13-19(27)14-22(28)29/h7-8,11,15-16,18-21,23,26-27H,6,9-10,12-14H2,1-5H3,(H,28,29)/p-1/t15-,16-,18?,19+,20-,21-,23-/m0/s1. The summed E-state index contributed by atoms with van der Waals surface area (Å²) in [4.78, 5) is 23.5. The molecule has 2 rings (SSSR count). The Morgan fingerprint density at radius 1 is 1.26 bits per heavy atom. The van der Waals surface area contributed by atoms with E-state index in [2.05, 4.69) is 32.1 Å². The highest BCUT2D eigenvalue weighted by Crippen LogP contribution is 2.45. The average Bonchev–Trinajstić information content (AvgIpc) is 2.66. The van der Waals surface area contributed by atoms with Crippen LogP contribution in [0.2, 0.25) is 0 Å². The van der Waals surface area contributed by atoms with Crippen LogP contribution in [0.3, 0.4) is 0 Å². The number of carbonyl (C=O) groups is 2. The number of hydrogen-bond acceptors (Lipinski definition) is 6. The molecule has 0 aliphatic heterocycles. The van der Waals surface area contributed by atoms with Crippen LogP contribution in [-0.2, 0) is 14.3 Å². The maximum absolute atomic E-state index is 12.8. The second-order valence-corrected chi connectivity index (χ2v) is 10.2. The molecule has 0 aromatic rings. The van der Waals surface area contributed by atoms with Gasteiger partial charge >= 0.3 is 5.97 Å². The van der Waals surface area contributed by atoms with Gasteiger partial charge in [-0.2, -0.15) is 0 Å². The van der Waals surface area contributed by atoms with E-state index in [1.165, 1.54) is 5.57 Å². The molecule has 0 amide bonds. The van der Waals surface area contributed by atoms with Crippen LogP contribution in [0.15, 0.2) is 23.8 Å². The van der Waals surface area contributed by atoms with Crippen molar-refractivity contribution in [3.8, 4) is 0 Å². The maximum Gasteiger partial charge on any atom is 0.311 e. The highest BCUT2D eigenvalue weighted by atomic mass is 16.5. The van der Waals surface area contributed by atoms with Crippen LogP contribution in [0, 0.1) is 29.1 Å². The smallest absolute Gasteiger partial charge is 0.311 e. The number of esters is 1. The molecule has 0 radical (unpaired) electrons. The van der Waals surface area contributed by atoms with Crippen LogP contribution in [-0.4, -0.2) is 40.5 Å². The number of aliphatic hydroxyl groups is 2. The van der Waals surface area contributed by atoms with E-state index in [9.17, 15) is 24.9 Å². The van der Waals surface area contributed by atoms with Crippen molar-refractivity contribution < 1.29 is 29.6 Å². The summed E-state index contributed by atoms with van der Waals surface area (Å²) in [5.74, 6) is -0.641. The van der Waals surface area contributed by atoms with E-state index in [1.807, 2.05) is 20.8 Å². The number of ether oxygens (including phenoxy) is 1. The minimum Gasteiger partial charge on any atom is -0.550 e. The van der Waals surface area contributed by atoms with Crippen molar-refractivity contribution in [3.05, 3.63) is 23.8 Å². The van der Waals surface area contributed by atoms with Crippen molar-refractivity contribution >= 4 is 11.9 Å². The minimum absolute atomic E-state index is 0.0123. The molecule has 176 valence electrons. The molecule has 2 aliphatic carbocycles. The third-order valence-corrected chi connectivity index (χ3v) is 7.07. The average molecular weight is 436 g/mol. The molecule has 0 aromatic carbocycles. The van der Waals surface area contributed by atoms with Gasteiger partial charge in [0.25, 0.3) is 0 Å². The first-order valence-electron chi connectivity index (χ1n) is 11.6. The molecule has 0 aromatic heterocycles. The van der Waals surface area contributed by atoms with Gasteiger partial charge in [-0.1, -0.05) is 39.0 Å². The Labute approximate surface area is 186 Å². The maximum atomic E-state index is 12.8. The minimum atomic E-state index is -1.32. The molecule has 0 saturated heterocycles. The lowest BCUT2D eigenvalue weighted by atomic mass is 9.65. The molecule has 7 atom stereocenters. The Kier molecular flexibility index (Phi) is 8.90. The van der Waals surface area contributed by atoms with Gasteiger partial charge in [0.05, 0.1) is 17.6 Å². The van der Waals surface area contributed by atoms with Crippen molar-refractivity contribution in [2.24, 2.45) is 29.1 Å². The van der Waals surface area contributed by atoms with Gasteiger partial charge in [-0.3, -0.25) is 4.79 Å². The van der Waals surface area contributed by atoms with E-state index in [0.717, 1.165) is 6.42 Å². The van der Waals surface area contributed by atoms with E-state index < -0.39 is 30.0 Å². The summed E-state index contributed by atoms with van der Waals surface area (Å²) >= 11 is 0. The van der Waals surface area contributed by atoms with Crippen molar-refractivity contribution in [1.29, 1.82) is 0 Å². The van der Waals surface area contributed by atoms with Crippen LogP contribution in [0.1, 0.15) is 73.1 Å².